The lowest BCUT2D eigenvalue weighted by atomic mass is 10.3. The Balaban J connectivity index is 2.33. The summed E-state index contributed by atoms with van der Waals surface area (Å²) in [6, 6.07) is 7.61. The quantitative estimate of drug-likeness (QED) is 0.724. The van der Waals surface area contributed by atoms with E-state index in [2.05, 4.69) is 5.32 Å². The zero-order valence-electron chi connectivity index (χ0n) is 9.23. The van der Waals surface area contributed by atoms with Crippen molar-refractivity contribution in [3.05, 3.63) is 24.3 Å². The van der Waals surface area contributed by atoms with E-state index in [-0.39, 0.29) is 5.91 Å². The van der Waals surface area contributed by atoms with Crippen LogP contribution in [0.15, 0.2) is 29.2 Å². The molecule has 1 rings (SSSR count). The Morgan fingerprint density at radius 2 is 2.12 bits per heavy atom. The number of carbonyl (C=O) groups is 1. The lowest BCUT2D eigenvalue weighted by Crippen LogP contribution is -2.30. The third kappa shape index (κ3) is 4.55. The first-order valence-corrected chi connectivity index (χ1v) is 5.98. The van der Waals surface area contributed by atoms with Gasteiger partial charge in [0.15, 0.2) is 0 Å². The molecule has 16 heavy (non-hydrogen) atoms. The van der Waals surface area contributed by atoms with Crippen LogP contribution in [0.5, 0.6) is 5.75 Å². The molecule has 1 amide bonds. The fraction of sp³-hybridized carbons (Fsp3) is 0.364. The number of nitrogens with two attached hydrogens (primary N) is 1. The Hall–Kier alpha value is -1.20. The summed E-state index contributed by atoms with van der Waals surface area (Å²) >= 11 is 1.49. The van der Waals surface area contributed by atoms with Crippen LogP contribution in [0.4, 0.5) is 0 Å². The zero-order valence-corrected chi connectivity index (χ0v) is 10.0. The van der Waals surface area contributed by atoms with Crippen molar-refractivity contribution in [1.29, 1.82) is 0 Å². The van der Waals surface area contributed by atoms with E-state index in [0.717, 1.165) is 10.6 Å². The second-order valence-electron chi connectivity index (χ2n) is 3.10. The van der Waals surface area contributed by atoms with Crippen LogP contribution in [-0.2, 0) is 4.79 Å². The molecule has 0 spiro atoms. The maximum Gasteiger partial charge on any atom is 0.230 e. The maximum atomic E-state index is 11.3. The van der Waals surface area contributed by atoms with E-state index in [1.165, 1.54) is 11.8 Å². The summed E-state index contributed by atoms with van der Waals surface area (Å²) in [7, 11) is 1.63. The average Bonchev–Trinajstić information content (AvgIpc) is 2.34. The van der Waals surface area contributed by atoms with Crippen LogP contribution in [0.1, 0.15) is 0 Å². The molecular weight excluding hydrogens is 224 g/mol. The second kappa shape index (κ2) is 7.14. The van der Waals surface area contributed by atoms with Crippen molar-refractivity contribution in [3.8, 4) is 5.75 Å². The molecular formula is C11H16N2O2S. The summed E-state index contributed by atoms with van der Waals surface area (Å²) in [6.45, 7) is 1.00. The van der Waals surface area contributed by atoms with Gasteiger partial charge < -0.3 is 15.8 Å². The number of benzene rings is 1. The molecule has 0 radical (unpaired) electrons. The maximum absolute atomic E-state index is 11.3. The minimum atomic E-state index is 0.00580. The molecule has 0 aromatic heterocycles. The van der Waals surface area contributed by atoms with Crippen LogP contribution < -0.4 is 15.8 Å². The number of hydrogen-bond donors (Lipinski definition) is 2. The summed E-state index contributed by atoms with van der Waals surface area (Å²) in [5.74, 6) is 1.23. The molecule has 0 saturated heterocycles. The number of amides is 1. The predicted octanol–water partition coefficient (Wildman–Crippen LogP) is 0.862. The fourth-order valence-corrected chi connectivity index (χ4v) is 1.81. The molecule has 88 valence electrons. The highest BCUT2D eigenvalue weighted by atomic mass is 32.2. The third-order valence-corrected chi connectivity index (χ3v) is 2.91. The van der Waals surface area contributed by atoms with Gasteiger partial charge in [0.05, 0.1) is 12.9 Å². The molecule has 0 bridgehead atoms. The lowest BCUT2D eigenvalue weighted by molar-refractivity contribution is -0.118. The van der Waals surface area contributed by atoms with Crippen molar-refractivity contribution in [2.75, 3.05) is 26.0 Å². The number of methoxy groups -OCH3 is 1. The first-order valence-electron chi connectivity index (χ1n) is 5.00. The van der Waals surface area contributed by atoms with E-state index in [4.69, 9.17) is 10.5 Å². The Kier molecular flexibility index (Phi) is 5.74. The van der Waals surface area contributed by atoms with Gasteiger partial charge in [-0.3, -0.25) is 4.79 Å². The van der Waals surface area contributed by atoms with Gasteiger partial charge in [0.2, 0.25) is 5.91 Å². The molecule has 0 saturated carbocycles. The van der Waals surface area contributed by atoms with Crippen molar-refractivity contribution in [2.24, 2.45) is 5.73 Å². The van der Waals surface area contributed by atoms with Crippen molar-refractivity contribution in [1.82, 2.24) is 5.32 Å². The van der Waals surface area contributed by atoms with E-state index < -0.39 is 0 Å². The van der Waals surface area contributed by atoms with Gasteiger partial charge in [-0.25, -0.2) is 0 Å². The molecule has 0 fully saturated rings. The second-order valence-corrected chi connectivity index (χ2v) is 4.15. The van der Waals surface area contributed by atoms with Gasteiger partial charge in [-0.15, -0.1) is 11.8 Å². The Morgan fingerprint density at radius 3 is 2.69 bits per heavy atom. The first-order chi connectivity index (χ1) is 7.76. The van der Waals surface area contributed by atoms with Crippen molar-refractivity contribution >= 4 is 17.7 Å². The summed E-state index contributed by atoms with van der Waals surface area (Å²) in [5, 5.41) is 2.72. The van der Waals surface area contributed by atoms with Gasteiger partial charge >= 0.3 is 0 Å². The number of thioether (sulfide) groups is 1. The van der Waals surface area contributed by atoms with Crippen LogP contribution in [0.3, 0.4) is 0 Å². The molecule has 1 aromatic rings. The number of hydrogen-bond acceptors (Lipinski definition) is 4. The fourth-order valence-electron chi connectivity index (χ4n) is 1.08. The van der Waals surface area contributed by atoms with Gasteiger partial charge in [-0.1, -0.05) is 0 Å². The highest BCUT2D eigenvalue weighted by Gasteiger charge is 2.01. The summed E-state index contributed by atoms with van der Waals surface area (Å²) < 4.78 is 5.05. The van der Waals surface area contributed by atoms with E-state index >= 15 is 0 Å². The molecule has 0 atom stereocenters. The van der Waals surface area contributed by atoms with Gasteiger partial charge in [0.1, 0.15) is 5.75 Å². The topological polar surface area (TPSA) is 64.3 Å². The summed E-state index contributed by atoms with van der Waals surface area (Å²) in [5.41, 5.74) is 5.28. The molecule has 3 N–H and O–H groups in total. The number of rotatable bonds is 6. The first kappa shape index (κ1) is 12.9. The minimum absolute atomic E-state index is 0.00580. The number of ether oxygens (including phenoxy) is 1. The van der Waals surface area contributed by atoms with E-state index in [1.54, 1.807) is 7.11 Å². The van der Waals surface area contributed by atoms with E-state index in [0.29, 0.717) is 18.8 Å². The molecule has 5 heteroatoms. The lowest BCUT2D eigenvalue weighted by Gasteiger charge is -2.04. The van der Waals surface area contributed by atoms with Crippen molar-refractivity contribution < 1.29 is 9.53 Å². The van der Waals surface area contributed by atoms with Gasteiger partial charge in [-0.2, -0.15) is 0 Å². The number of nitrogens with one attached hydrogen (secondary N) is 1. The molecule has 4 nitrogen and oxygen atoms in total. The molecule has 0 unspecified atom stereocenters. The van der Waals surface area contributed by atoms with Gasteiger partial charge in [0, 0.05) is 18.0 Å². The molecule has 0 aliphatic heterocycles. The largest absolute Gasteiger partial charge is 0.497 e. The zero-order chi connectivity index (χ0) is 11.8. The van der Waals surface area contributed by atoms with Gasteiger partial charge in [-0.05, 0) is 24.3 Å². The monoisotopic (exact) mass is 240 g/mol. The van der Waals surface area contributed by atoms with Crippen molar-refractivity contribution in [2.45, 2.75) is 4.90 Å². The molecule has 1 aromatic carbocycles. The SMILES string of the molecule is COc1ccc(SCC(=O)NCCN)cc1. The van der Waals surface area contributed by atoms with Crippen LogP contribution in [-0.4, -0.2) is 31.9 Å². The highest BCUT2D eigenvalue weighted by molar-refractivity contribution is 8.00. The van der Waals surface area contributed by atoms with Crippen LogP contribution in [0.25, 0.3) is 0 Å². The smallest absolute Gasteiger partial charge is 0.230 e. The van der Waals surface area contributed by atoms with E-state index in [9.17, 15) is 4.79 Å². The molecule has 0 aliphatic rings. The Morgan fingerprint density at radius 1 is 1.44 bits per heavy atom. The van der Waals surface area contributed by atoms with E-state index in [1.807, 2.05) is 24.3 Å². The summed E-state index contributed by atoms with van der Waals surface area (Å²) in [4.78, 5) is 12.3. The van der Waals surface area contributed by atoms with Crippen LogP contribution >= 0.6 is 11.8 Å². The normalized spacial score (nSPS) is 9.88. The Labute approximate surface area is 99.5 Å². The minimum Gasteiger partial charge on any atom is -0.497 e. The average molecular weight is 240 g/mol. The molecule has 0 heterocycles. The highest BCUT2D eigenvalue weighted by Crippen LogP contribution is 2.20. The van der Waals surface area contributed by atoms with Gasteiger partial charge in [0.25, 0.3) is 0 Å². The Bertz CT molecular complexity index is 327. The van der Waals surface area contributed by atoms with Crippen LogP contribution in [0, 0.1) is 0 Å². The standard InChI is InChI=1S/C11H16N2O2S/c1-15-9-2-4-10(5-3-9)16-8-11(14)13-7-6-12/h2-5H,6-8,12H2,1H3,(H,13,14). The van der Waals surface area contributed by atoms with Crippen molar-refractivity contribution in [3.63, 3.8) is 0 Å². The number of carbonyl (C=O) groups excluding carboxylic acids is 1. The summed E-state index contributed by atoms with van der Waals surface area (Å²) in [6.07, 6.45) is 0. The van der Waals surface area contributed by atoms with Crippen LogP contribution in [0.2, 0.25) is 0 Å². The molecule has 0 aliphatic carbocycles. The third-order valence-electron chi connectivity index (χ3n) is 1.90. The predicted molar refractivity (Wildman–Crippen MR) is 65.8 cm³/mol.